The molecule has 1 N–H and O–H groups in total. The third kappa shape index (κ3) is 3.92. The fraction of sp³-hybridized carbons (Fsp3) is 0.133. The van der Waals surface area contributed by atoms with Gasteiger partial charge in [0.15, 0.2) is 0 Å². The third-order valence-electron chi connectivity index (χ3n) is 2.91. The van der Waals surface area contributed by atoms with Gasteiger partial charge in [0.2, 0.25) is 0 Å². The van der Waals surface area contributed by atoms with E-state index in [0.29, 0.717) is 5.56 Å². The molecule has 2 aromatic rings. The highest BCUT2D eigenvalue weighted by Gasteiger charge is 2.15. The average Bonchev–Trinajstić information content (AvgIpc) is 2.43. The summed E-state index contributed by atoms with van der Waals surface area (Å²) in [6.07, 6.45) is 1.47. The Balaban J connectivity index is 2.23. The molecule has 0 spiro atoms. The Hall–Kier alpha value is -1.66. The summed E-state index contributed by atoms with van der Waals surface area (Å²) in [6.45, 7) is 3.61. The highest BCUT2D eigenvalue weighted by atomic mass is 79.9. The molecule has 6 heteroatoms. The molecule has 0 bridgehead atoms. The normalized spacial score (nSPS) is 11.8. The zero-order valence-corrected chi connectivity index (χ0v) is 14.1. The first-order chi connectivity index (χ1) is 9.90. The predicted molar refractivity (Wildman–Crippen MR) is 88.0 cm³/mol. The zero-order chi connectivity index (χ0) is 15.5. The number of hydrogen-bond acceptors (Lipinski definition) is 3. The first kappa shape index (κ1) is 15.7. The predicted octanol–water partition coefficient (Wildman–Crippen LogP) is 3.38. The van der Waals surface area contributed by atoms with Crippen LogP contribution in [0.25, 0.3) is 0 Å². The molecule has 21 heavy (non-hydrogen) atoms. The Morgan fingerprint density at radius 1 is 1.14 bits per heavy atom. The van der Waals surface area contributed by atoms with Crippen LogP contribution in [-0.2, 0) is 10.0 Å². The van der Waals surface area contributed by atoms with Crippen LogP contribution in [0.3, 0.4) is 0 Å². The maximum atomic E-state index is 12.2. The van der Waals surface area contributed by atoms with Crippen LogP contribution in [0.5, 0.6) is 0 Å². The van der Waals surface area contributed by atoms with Gasteiger partial charge in [0.05, 0.1) is 11.1 Å². The van der Waals surface area contributed by atoms with Gasteiger partial charge in [-0.05, 0) is 37.1 Å². The molecule has 0 unspecified atom stereocenters. The van der Waals surface area contributed by atoms with Crippen LogP contribution in [0.1, 0.15) is 16.7 Å². The Kier molecular flexibility index (Phi) is 4.80. The van der Waals surface area contributed by atoms with Gasteiger partial charge in [0, 0.05) is 10.0 Å². The summed E-state index contributed by atoms with van der Waals surface area (Å²) in [6, 6.07) is 12.7. The van der Waals surface area contributed by atoms with E-state index in [4.69, 9.17) is 0 Å². The van der Waals surface area contributed by atoms with E-state index >= 15 is 0 Å². The van der Waals surface area contributed by atoms with Crippen molar-refractivity contribution in [2.45, 2.75) is 18.7 Å². The fourth-order valence-corrected chi connectivity index (χ4v) is 3.30. The number of aryl methyl sites for hydroxylation is 2. The van der Waals surface area contributed by atoms with Crippen molar-refractivity contribution in [2.24, 2.45) is 5.10 Å². The van der Waals surface area contributed by atoms with Crippen molar-refractivity contribution in [3.8, 4) is 0 Å². The minimum atomic E-state index is -3.66. The maximum Gasteiger partial charge on any atom is 0.276 e. The number of nitrogens with zero attached hydrogens (tertiary/aromatic N) is 1. The maximum absolute atomic E-state index is 12.2. The van der Waals surface area contributed by atoms with Crippen molar-refractivity contribution in [3.63, 3.8) is 0 Å². The topological polar surface area (TPSA) is 58.5 Å². The Morgan fingerprint density at radius 3 is 2.57 bits per heavy atom. The molecule has 0 aliphatic carbocycles. The quantitative estimate of drug-likeness (QED) is 0.665. The molecular formula is C15H15BrN2O2S. The minimum absolute atomic E-state index is 0.242. The van der Waals surface area contributed by atoms with Crippen LogP contribution in [0.15, 0.2) is 56.9 Å². The highest BCUT2D eigenvalue weighted by molar-refractivity contribution is 9.10. The smallest absolute Gasteiger partial charge is 0.200 e. The molecule has 0 saturated carbocycles. The van der Waals surface area contributed by atoms with Crippen molar-refractivity contribution in [1.82, 2.24) is 4.83 Å². The van der Waals surface area contributed by atoms with E-state index in [9.17, 15) is 8.42 Å². The second-order valence-corrected chi connectivity index (χ2v) is 7.13. The molecule has 0 amide bonds. The largest absolute Gasteiger partial charge is 0.276 e. The van der Waals surface area contributed by atoms with E-state index in [2.05, 4.69) is 25.9 Å². The van der Waals surface area contributed by atoms with E-state index in [0.717, 1.165) is 15.6 Å². The lowest BCUT2D eigenvalue weighted by molar-refractivity contribution is 0.584. The van der Waals surface area contributed by atoms with E-state index in [1.165, 1.54) is 6.21 Å². The fourth-order valence-electron chi connectivity index (χ4n) is 1.79. The third-order valence-corrected chi connectivity index (χ3v) is 5.00. The van der Waals surface area contributed by atoms with E-state index in [-0.39, 0.29) is 4.90 Å². The number of sulfonamides is 1. The highest BCUT2D eigenvalue weighted by Crippen LogP contribution is 2.17. The molecule has 0 fully saturated rings. The lowest BCUT2D eigenvalue weighted by Gasteiger charge is -2.07. The Labute approximate surface area is 133 Å². The van der Waals surface area contributed by atoms with Gasteiger partial charge in [-0.3, -0.25) is 0 Å². The molecule has 2 rings (SSSR count). The SMILES string of the molecule is Cc1ccc(C)c(S(=O)(=O)NN=Cc2ccccc2Br)c1. The monoisotopic (exact) mass is 366 g/mol. The Morgan fingerprint density at radius 2 is 1.86 bits per heavy atom. The number of hydrogen-bond donors (Lipinski definition) is 1. The average molecular weight is 367 g/mol. The standard InChI is InChI=1S/C15H15BrN2O2S/c1-11-7-8-12(2)15(9-11)21(19,20)18-17-10-13-5-3-4-6-14(13)16/h3-10,18H,1-2H3. The molecule has 2 aromatic carbocycles. The first-order valence-electron chi connectivity index (χ1n) is 6.27. The van der Waals surface area contributed by atoms with Gasteiger partial charge < -0.3 is 0 Å². The molecule has 0 heterocycles. The van der Waals surface area contributed by atoms with E-state index in [1.54, 1.807) is 19.1 Å². The minimum Gasteiger partial charge on any atom is -0.200 e. The van der Waals surface area contributed by atoms with Crippen LogP contribution in [-0.4, -0.2) is 14.6 Å². The molecular weight excluding hydrogens is 352 g/mol. The van der Waals surface area contributed by atoms with Gasteiger partial charge in [-0.1, -0.05) is 46.3 Å². The van der Waals surface area contributed by atoms with Gasteiger partial charge in [-0.2, -0.15) is 13.5 Å². The number of benzene rings is 2. The van der Waals surface area contributed by atoms with E-state index in [1.807, 2.05) is 37.3 Å². The molecule has 0 atom stereocenters. The molecule has 0 aliphatic heterocycles. The lowest BCUT2D eigenvalue weighted by atomic mass is 10.2. The molecule has 110 valence electrons. The summed E-state index contributed by atoms with van der Waals surface area (Å²) in [4.78, 5) is 2.48. The molecule has 0 saturated heterocycles. The molecule has 0 radical (unpaired) electrons. The second-order valence-electron chi connectivity index (χ2n) is 4.64. The number of rotatable bonds is 4. The van der Waals surface area contributed by atoms with Crippen molar-refractivity contribution >= 4 is 32.2 Å². The van der Waals surface area contributed by atoms with Gasteiger partial charge in [0.25, 0.3) is 10.0 Å². The summed E-state index contributed by atoms with van der Waals surface area (Å²) < 4.78 is 25.3. The van der Waals surface area contributed by atoms with Crippen LogP contribution in [0.2, 0.25) is 0 Å². The van der Waals surface area contributed by atoms with Crippen molar-refractivity contribution in [3.05, 3.63) is 63.6 Å². The zero-order valence-electron chi connectivity index (χ0n) is 11.7. The van der Waals surface area contributed by atoms with Gasteiger partial charge in [0.1, 0.15) is 0 Å². The summed E-state index contributed by atoms with van der Waals surface area (Å²) >= 11 is 3.37. The van der Waals surface area contributed by atoms with Crippen LogP contribution >= 0.6 is 15.9 Å². The summed E-state index contributed by atoms with van der Waals surface area (Å²) in [5.41, 5.74) is 2.36. The second kappa shape index (κ2) is 6.41. The van der Waals surface area contributed by atoms with Crippen LogP contribution in [0, 0.1) is 13.8 Å². The van der Waals surface area contributed by atoms with E-state index < -0.39 is 10.0 Å². The summed E-state index contributed by atoms with van der Waals surface area (Å²) in [5.74, 6) is 0. The van der Waals surface area contributed by atoms with Crippen molar-refractivity contribution in [2.75, 3.05) is 0 Å². The summed E-state index contributed by atoms with van der Waals surface area (Å²) in [5, 5.41) is 3.83. The Bertz CT molecular complexity index is 786. The van der Waals surface area contributed by atoms with Gasteiger partial charge in [-0.25, -0.2) is 4.83 Å². The van der Waals surface area contributed by atoms with Crippen molar-refractivity contribution < 1.29 is 8.42 Å². The number of hydrazone groups is 1. The van der Waals surface area contributed by atoms with Gasteiger partial charge >= 0.3 is 0 Å². The first-order valence-corrected chi connectivity index (χ1v) is 8.54. The summed E-state index contributed by atoms with van der Waals surface area (Å²) in [7, 11) is -3.66. The molecule has 4 nitrogen and oxygen atoms in total. The van der Waals surface area contributed by atoms with Gasteiger partial charge in [-0.15, -0.1) is 0 Å². The number of nitrogens with one attached hydrogen (secondary N) is 1. The van der Waals surface area contributed by atoms with Crippen molar-refractivity contribution in [1.29, 1.82) is 0 Å². The number of halogens is 1. The molecule has 0 aliphatic rings. The van der Waals surface area contributed by atoms with Crippen LogP contribution < -0.4 is 4.83 Å². The molecule has 0 aromatic heterocycles. The lowest BCUT2D eigenvalue weighted by Crippen LogP contribution is -2.19. The van der Waals surface area contributed by atoms with Crippen LogP contribution in [0.4, 0.5) is 0 Å².